The molecule has 2 aromatic carbocycles. The van der Waals surface area contributed by atoms with Crippen molar-refractivity contribution >= 4 is 38.5 Å². The van der Waals surface area contributed by atoms with Gasteiger partial charge in [0.15, 0.2) is 5.03 Å². The van der Waals surface area contributed by atoms with Gasteiger partial charge in [0.1, 0.15) is 35.9 Å². The molecule has 16 nitrogen and oxygen atoms in total. The second-order valence-corrected chi connectivity index (χ2v) is 12.5. The first-order chi connectivity index (χ1) is 24.4. The van der Waals surface area contributed by atoms with Crippen molar-refractivity contribution in [1.82, 2.24) is 39.2 Å². The number of nitrogens with zero attached hydrogens (tertiary/aromatic N) is 7. The average molecular weight is 718 g/mol. The number of pyridine rings is 2. The van der Waals surface area contributed by atoms with E-state index in [-0.39, 0.29) is 17.5 Å². The van der Waals surface area contributed by atoms with Gasteiger partial charge in [-0.15, -0.1) is 0 Å². The van der Waals surface area contributed by atoms with E-state index < -0.39 is 67.1 Å². The van der Waals surface area contributed by atoms with Crippen molar-refractivity contribution in [3.8, 4) is 11.4 Å². The molecule has 0 bridgehead atoms. The van der Waals surface area contributed by atoms with Crippen LogP contribution in [0.4, 0.5) is 14.5 Å². The Labute approximate surface area is 286 Å². The van der Waals surface area contributed by atoms with Crippen molar-refractivity contribution < 1.29 is 31.5 Å². The fraction of sp³-hybridized carbons (Fsp3) is 0.125. The van der Waals surface area contributed by atoms with Crippen LogP contribution >= 0.6 is 0 Å². The third-order valence-electron chi connectivity index (χ3n) is 7.70. The molecule has 0 fully saturated rings. The number of aryl methyl sites for hydroxylation is 1. The molecule has 2 N–H and O–H groups in total. The van der Waals surface area contributed by atoms with Crippen molar-refractivity contribution in [2.45, 2.75) is 17.5 Å². The number of amides is 1. The first kappa shape index (κ1) is 34.2. The second kappa shape index (κ2) is 13.7. The monoisotopic (exact) mass is 717 g/mol. The number of ether oxygens (including phenoxy) is 1. The fourth-order valence-corrected chi connectivity index (χ4v) is 6.14. The van der Waals surface area contributed by atoms with Gasteiger partial charge in [0.25, 0.3) is 21.5 Å². The zero-order valence-electron chi connectivity index (χ0n) is 26.5. The summed E-state index contributed by atoms with van der Waals surface area (Å²) in [5.41, 5.74) is -1.40. The third-order valence-corrected chi connectivity index (χ3v) is 9.00. The van der Waals surface area contributed by atoms with Gasteiger partial charge in [-0.3, -0.25) is 23.9 Å². The lowest BCUT2D eigenvalue weighted by Crippen LogP contribution is -2.43. The summed E-state index contributed by atoms with van der Waals surface area (Å²) in [6.45, 7) is 0. The zero-order chi connectivity index (χ0) is 36.4. The lowest BCUT2D eigenvalue weighted by atomic mass is 10.0. The maximum atomic E-state index is 15.2. The van der Waals surface area contributed by atoms with E-state index in [0.29, 0.717) is 28.9 Å². The topological polar surface area (TPSA) is 202 Å². The molecule has 0 spiro atoms. The minimum Gasteiger partial charge on any atom is -0.467 e. The number of nitrogens with one attached hydrogen (secondary N) is 2. The summed E-state index contributed by atoms with van der Waals surface area (Å²) in [6, 6.07) is 9.71. The van der Waals surface area contributed by atoms with Crippen molar-refractivity contribution in [2.75, 3.05) is 11.8 Å². The molecule has 4 aromatic heterocycles. The lowest BCUT2D eigenvalue weighted by molar-refractivity contribution is -0.142. The van der Waals surface area contributed by atoms with Gasteiger partial charge >= 0.3 is 11.7 Å². The predicted octanol–water partition coefficient (Wildman–Crippen LogP) is 1.65. The van der Waals surface area contributed by atoms with Crippen LogP contribution in [0.3, 0.4) is 0 Å². The molecule has 6 rings (SSSR count). The summed E-state index contributed by atoms with van der Waals surface area (Å²) in [6.07, 6.45) is 6.48. The van der Waals surface area contributed by atoms with E-state index in [1.807, 2.05) is 4.72 Å². The minimum atomic E-state index is -4.41. The molecule has 0 aliphatic carbocycles. The molecule has 260 valence electrons. The summed E-state index contributed by atoms with van der Waals surface area (Å²) in [4.78, 5) is 63.4. The predicted molar refractivity (Wildman–Crippen MR) is 176 cm³/mol. The molecule has 0 saturated heterocycles. The van der Waals surface area contributed by atoms with Crippen molar-refractivity contribution in [3.63, 3.8) is 0 Å². The normalized spacial score (nSPS) is 12.0. The number of rotatable bonds is 10. The summed E-state index contributed by atoms with van der Waals surface area (Å²) in [5.74, 6) is -5.11. The average Bonchev–Trinajstić information content (AvgIpc) is 3.66. The van der Waals surface area contributed by atoms with Crippen LogP contribution in [0, 0.1) is 11.6 Å². The number of carbonyl (C=O) groups excluding carboxylic acids is 2. The van der Waals surface area contributed by atoms with Gasteiger partial charge in [-0.05, 0) is 48.0 Å². The van der Waals surface area contributed by atoms with Crippen LogP contribution in [0.5, 0.6) is 0 Å². The minimum absolute atomic E-state index is 0.210. The number of methoxy groups -OCH3 is 1. The summed E-state index contributed by atoms with van der Waals surface area (Å²) in [5, 5.41) is 5.95. The van der Waals surface area contributed by atoms with Crippen molar-refractivity contribution in [1.29, 1.82) is 0 Å². The van der Waals surface area contributed by atoms with Crippen LogP contribution in [0.25, 0.3) is 22.3 Å². The molecule has 1 atom stereocenters. The smallest absolute Gasteiger partial charge is 0.335 e. The largest absolute Gasteiger partial charge is 0.467 e. The fourth-order valence-electron chi connectivity index (χ4n) is 5.17. The molecule has 0 unspecified atom stereocenters. The van der Waals surface area contributed by atoms with Gasteiger partial charge in [0.2, 0.25) is 0 Å². The number of carbonyl (C=O) groups is 2. The van der Waals surface area contributed by atoms with Crippen LogP contribution in [-0.4, -0.2) is 67.3 Å². The second-order valence-electron chi connectivity index (χ2n) is 10.9. The molecule has 4 heterocycles. The Morgan fingerprint density at radius 3 is 2.29 bits per heavy atom. The molecule has 51 heavy (non-hydrogen) atoms. The SMILES string of the molecule is COC(=O)[C@H](Cc1ccc(-n2c(=O)c3ccncc3n(C)c2=O)cc1)NC(=O)c1c(F)cc(NS(=O)(=O)c2ccc(-n3cncn3)cn2)cc1F. The van der Waals surface area contributed by atoms with E-state index in [4.69, 9.17) is 4.74 Å². The Balaban J connectivity index is 1.19. The van der Waals surface area contributed by atoms with Gasteiger partial charge in [-0.2, -0.15) is 13.5 Å². The van der Waals surface area contributed by atoms with Gasteiger partial charge in [0, 0.05) is 19.7 Å². The maximum Gasteiger partial charge on any atom is 0.335 e. The molecular weight excluding hydrogens is 692 g/mol. The Morgan fingerprint density at radius 1 is 0.961 bits per heavy atom. The molecule has 0 aliphatic rings. The number of aromatic nitrogens is 7. The zero-order valence-corrected chi connectivity index (χ0v) is 27.3. The molecule has 19 heteroatoms. The van der Waals surface area contributed by atoms with Crippen LogP contribution in [0.15, 0.2) is 100 Å². The number of hydrogen-bond acceptors (Lipinski definition) is 11. The summed E-state index contributed by atoms with van der Waals surface area (Å²) < 4.78 is 66.4. The summed E-state index contributed by atoms with van der Waals surface area (Å²) in [7, 11) is -1.86. The van der Waals surface area contributed by atoms with Gasteiger partial charge in [-0.25, -0.2) is 37.6 Å². The highest BCUT2D eigenvalue weighted by Crippen LogP contribution is 2.22. The lowest BCUT2D eigenvalue weighted by Gasteiger charge is -2.18. The highest BCUT2D eigenvalue weighted by molar-refractivity contribution is 7.92. The standard InChI is InChI=1S/C32H25F2N9O7S/c1-41-26-15-35-10-9-22(26)30(45)43(32(41)47)20-5-3-18(4-6-20)11-25(31(46)50-2)39-29(44)28-23(33)12-19(13-24(28)34)40-51(48,49)27-8-7-21(14-37-27)42-17-36-16-38-42/h3-10,12-17,25,40H,11H2,1-2H3,(H,39,44)/t25-/m0/s1. The van der Waals surface area contributed by atoms with E-state index in [0.717, 1.165) is 17.7 Å². The van der Waals surface area contributed by atoms with E-state index in [9.17, 15) is 27.6 Å². The number of esters is 1. The quantitative estimate of drug-likeness (QED) is 0.195. The molecule has 0 saturated carbocycles. The molecule has 1 amide bonds. The molecule has 0 aliphatic heterocycles. The highest BCUT2D eigenvalue weighted by Gasteiger charge is 2.27. The molecule has 0 radical (unpaired) electrons. The van der Waals surface area contributed by atoms with Gasteiger partial charge in [-0.1, -0.05) is 12.1 Å². The number of sulfonamides is 1. The van der Waals surface area contributed by atoms with Crippen LogP contribution in [0.1, 0.15) is 15.9 Å². The molecular formula is C32H25F2N9O7S. The molecule has 6 aromatic rings. The first-order valence-corrected chi connectivity index (χ1v) is 16.2. The maximum absolute atomic E-state index is 15.2. The number of hydrogen-bond donors (Lipinski definition) is 2. The first-order valence-electron chi connectivity index (χ1n) is 14.7. The number of fused-ring (bicyclic) bond motifs is 1. The number of benzene rings is 2. The number of anilines is 1. The Kier molecular flexibility index (Phi) is 9.20. The Bertz CT molecular complexity index is 2500. The van der Waals surface area contributed by atoms with E-state index >= 15 is 8.78 Å². The highest BCUT2D eigenvalue weighted by atomic mass is 32.2. The van der Waals surface area contributed by atoms with Crippen molar-refractivity contribution in [3.05, 3.63) is 129 Å². The number of halogens is 2. The van der Waals surface area contributed by atoms with Crippen molar-refractivity contribution in [2.24, 2.45) is 7.05 Å². The third kappa shape index (κ3) is 6.81. The Morgan fingerprint density at radius 2 is 1.67 bits per heavy atom. The summed E-state index contributed by atoms with van der Waals surface area (Å²) >= 11 is 0. The Hall–Kier alpha value is -6.63. The van der Waals surface area contributed by atoms with E-state index in [1.165, 1.54) is 83.9 Å². The van der Waals surface area contributed by atoms with E-state index in [1.54, 1.807) is 0 Å². The van der Waals surface area contributed by atoms with E-state index in [2.05, 4.69) is 25.4 Å². The van der Waals surface area contributed by atoms with Gasteiger partial charge in [0.05, 0.1) is 47.5 Å². The van der Waals surface area contributed by atoms with Crippen LogP contribution in [-0.2, 0) is 33.0 Å². The van der Waals surface area contributed by atoms with Crippen LogP contribution < -0.4 is 21.3 Å². The van der Waals surface area contributed by atoms with Crippen LogP contribution in [0.2, 0.25) is 0 Å². The van der Waals surface area contributed by atoms with Gasteiger partial charge < -0.3 is 10.1 Å².